The molecular formula is C13H20N2O. The van der Waals surface area contributed by atoms with Crippen LogP contribution in [0.15, 0.2) is 0 Å². The van der Waals surface area contributed by atoms with E-state index in [1.54, 1.807) is 0 Å². The fourth-order valence-electron chi connectivity index (χ4n) is 4.17. The molecule has 16 heavy (non-hydrogen) atoms. The van der Waals surface area contributed by atoms with Gasteiger partial charge in [0.25, 0.3) is 0 Å². The quantitative estimate of drug-likeness (QED) is 0.707. The molecule has 0 amide bonds. The molecule has 1 saturated carbocycles. The minimum absolute atomic E-state index is 0.435. The number of piperidine rings is 1. The molecule has 0 aromatic rings. The second-order valence-electron chi connectivity index (χ2n) is 5.98. The molecule has 2 N–H and O–H groups in total. The van der Waals surface area contributed by atoms with Gasteiger partial charge < -0.3 is 10.4 Å². The highest BCUT2D eigenvalue weighted by Gasteiger charge is 2.56. The van der Waals surface area contributed by atoms with Crippen LogP contribution in [-0.4, -0.2) is 22.8 Å². The average Bonchev–Trinajstić information content (AvgIpc) is 2.86. The molecule has 88 valence electrons. The molecule has 0 spiro atoms. The number of nitriles is 1. The lowest BCUT2D eigenvalue weighted by molar-refractivity contribution is -0.0872. The first-order valence-corrected chi connectivity index (χ1v) is 6.57. The zero-order chi connectivity index (χ0) is 11.2. The average molecular weight is 220 g/mol. The van der Waals surface area contributed by atoms with Crippen molar-refractivity contribution in [1.82, 2.24) is 5.32 Å². The summed E-state index contributed by atoms with van der Waals surface area (Å²) in [5.41, 5.74) is -1.15. The Morgan fingerprint density at radius 3 is 2.19 bits per heavy atom. The molecule has 0 aromatic heterocycles. The maximum atomic E-state index is 10.9. The highest BCUT2D eigenvalue weighted by molar-refractivity contribution is 5.17. The van der Waals surface area contributed by atoms with Gasteiger partial charge in [-0.05, 0) is 38.5 Å². The molecular weight excluding hydrogens is 200 g/mol. The van der Waals surface area contributed by atoms with Crippen LogP contribution in [0.5, 0.6) is 0 Å². The first-order chi connectivity index (χ1) is 7.67. The van der Waals surface area contributed by atoms with Crippen LogP contribution in [-0.2, 0) is 0 Å². The number of hydrogen-bond acceptors (Lipinski definition) is 3. The molecule has 2 unspecified atom stereocenters. The van der Waals surface area contributed by atoms with Crippen LogP contribution >= 0.6 is 0 Å². The van der Waals surface area contributed by atoms with Crippen molar-refractivity contribution >= 4 is 0 Å². The zero-order valence-electron chi connectivity index (χ0n) is 9.71. The molecule has 2 bridgehead atoms. The van der Waals surface area contributed by atoms with Crippen LogP contribution in [0, 0.1) is 16.7 Å². The van der Waals surface area contributed by atoms with Crippen LogP contribution in [0.3, 0.4) is 0 Å². The number of nitrogens with one attached hydrogen (secondary N) is 1. The fraction of sp³-hybridized carbons (Fsp3) is 0.923. The third-order valence-electron chi connectivity index (χ3n) is 5.07. The molecule has 2 saturated heterocycles. The molecule has 3 aliphatic rings. The lowest BCUT2D eigenvalue weighted by Crippen LogP contribution is -2.56. The van der Waals surface area contributed by atoms with Crippen LogP contribution < -0.4 is 5.32 Å². The first-order valence-electron chi connectivity index (χ1n) is 6.57. The highest BCUT2D eigenvalue weighted by Crippen LogP contribution is 2.52. The molecule has 1 aliphatic carbocycles. The summed E-state index contributed by atoms with van der Waals surface area (Å²) in [5.74, 6) is 0. The topological polar surface area (TPSA) is 56.0 Å². The van der Waals surface area contributed by atoms with Gasteiger partial charge in [-0.2, -0.15) is 5.26 Å². The summed E-state index contributed by atoms with van der Waals surface area (Å²) in [6.07, 6.45) is 7.95. The Morgan fingerprint density at radius 1 is 1.12 bits per heavy atom. The van der Waals surface area contributed by atoms with E-state index in [1.807, 2.05) is 0 Å². The normalized spacial score (nSPS) is 45.5. The Balaban J connectivity index is 1.90. The third-order valence-corrected chi connectivity index (χ3v) is 5.07. The molecule has 3 fully saturated rings. The van der Waals surface area contributed by atoms with E-state index in [9.17, 15) is 10.4 Å². The Kier molecular flexibility index (Phi) is 2.28. The largest absolute Gasteiger partial charge is 0.388 e. The van der Waals surface area contributed by atoms with E-state index in [0.29, 0.717) is 12.1 Å². The van der Waals surface area contributed by atoms with Crippen LogP contribution in [0.2, 0.25) is 0 Å². The smallest absolute Gasteiger partial charge is 0.0862 e. The first kappa shape index (κ1) is 10.6. The summed E-state index contributed by atoms with van der Waals surface area (Å²) in [4.78, 5) is 0. The Morgan fingerprint density at radius 2 is 1.69 bits per heavy atom. The van der Waals surface area contributed by atoms with Crippen molar-refractivity contribution in [2.75, 3.05) is 0 Å². The van der Waals surface area contributed by atoms with Gasteiger partial charge in [0.1, 0.15) is 0 Å². The van der Waals surface area contributed by atoms with E-state index < -0.39 is 11.0 Å². The highest BCUT2D eigenvalue weighted by atomic mass is 16.3. The molecule has 3 heteroatoms. The predicted molar refractivity (Wildman–Crippen MR) is 60.6 cm³/mol. The van der Waals surface area contributed by atoms with Gasteiger partial charge in [-0.3, -0.25) is 0 Å². The van der Waals surface area contributed by atoms with Crippen molar-refractivity contribution < 1.29 is 5.11 Å². The van der Waals surface area contributed by atoms with Crippen molar-refractivity contribution in [3.63, 3.8) is 0 Å². The number of nitrogens with zero attached hydrogens (tertiary/aromatic N) is 1. The monoisotopic (exact) mass is 220 g/mol. The van der Waals surface area contributed by atoms with Gasteiger partial charge in [-0.25, -0.2) is 0 Å². The Hall–Kier alpha value is -0.590. The van der Waals surface area contributed by atoms with Crippen molar-refractivity contribution in [2.24, 2.45) is 5.41 Å². The molecule has 0 aromatic carbocycles. The van der Waals surface area contributed by atoms with Crippen molar-refractivity contribution in [1.29, 1.82) is 5.26 Å². The Bertz CT molecular complexity index is 315. The summed E-state index contributed by atoms with van der Waals surface area (Å²) >= 11 is 0. The third kappa shape index (κ3) is 1.33. The van der Waals surface area contributed by atoms with E-state index in [1.165, 1.54) is 12.8 Å². The lowest BCUT2D eigenvalue weighted by atomic mass is 9.65. The van der Waals surface area contributed by atoms with Gasteiger partial charge in [0, 0.05) is 12.1 Å². The van der Waals surface area contributed by atoms with Crippen LogP contribution in [0.1, 0.15) is 51.4 Å². The molecule has 2 aliphatic heterocycles. The van der Waals surface area contributed by atoms with E-state index in [-0.39, 0.29) is 0 Å². The number of aliphatic hydroxyl groups is 1. The molecule has 3 nitrogen and oxygen atoms in total. The Labute approximate surface area is 96.8 Å². The van der Waals surface area contributed by atoms with Crippen LogP contribution in [0.25, 0.3) is 0 Å². The van der Waals surface area contributed by atoms with Gasteiger partial charge in [-0.15, -0.1) is 0 Å². The van der Waals surface area contributed by atoms with Crippen molar-refractivity contribution in [3.8, 4) is 6.07 Å². The maximum Gasteiger partial charge on any atom is 0.0862 e. The lowest BCUT2D eigenvalue weighted by Gasteiger charge is -2.46. The second-order valence-corrected chi connectivity index (χ2v) is 5.98. The summed E-state index contributed by atoms with van der Waals surface area (Å²) in [5, 5.41) is 24.0. The number of hydrogen-bond donors (Lipinski definition) is 2. The minimum Gasteiger partial charge on any atom is -0.388 e. The zero-order valence-corrected chi connectivity index (χ0v) is 9.71. The van der Waals surface area contributed by atoms with Gasteiger partial charge in [0.05, 0.1) is 17.1 Å². The maximum absolute atomic E-state index is 10.9. The second kappa shape index (κ2) is 3.45. The summed E-state index contributed by atoms with van der Waals surface area (Å²) in [6, 6.07) is 3.39. The van der Waals surface area contributed by atoms with Crippen LogP contribution in [0.4, 0.5) is 0 Å². The predicted octanol–water partition coefficient (Wildman–Crippen LogP) is 1.72. The van der Waals surface area contributed by atoms with Gasteiger partial charge in [0.15, 0.2) is 0 Å². The summed E-state index contributed by atoms with van der Waals surface area (Å²) in [6.45, 7) is 0. The number of fused-ring (bicyclic) bond motifs is 2. The van der Waals surface area contributed by atoms with Crippen molar-refractivity contribution in [3.05, 3.63) is 0 Å². The summed E-state index contributed by atoms with van der Waals surface area (Å²) in [7, 11) is 0. The molecule has 2 atom stereocenters. The van der Waals surface area contributed by atoms with Gasteiger partial charge >= 0.3 is 0 Å². The standard InChI is InChI=1S/C13H20N2O/c14-9-12(5-1-2-6-12)13(16)7-10-3-4-11(8-13)15-10/h10-11,15-16H,1-8H2. The molecule has 2 heterocycles. The molecule has 0 radical (unpaired) electrons. The van der Waals surface area contributed by atoms with E-state index in [4.69, 9.17) is 0 Å². The van der Waals surface area contributed by atoms with Crippen molar-refractivity contribution in [2.45, 2.75) is 69.1 Å². The van der Waals surface area contributed by atoms with E-state index >= 15 is 0 Å². The van der Waals surface area contributed by atoms with Gasteiger partial charge in [0.2, 0.25) is 0 Å². The SMILES string of the molecule is N#CC1(C2(O)CC3CCC(C2)N3)CCCC1. The minimum atomic E-state index is -0.713. The number of rotatable bonds is 1. The van der Waals surface area contributed by atoms with E-state index in [2.05, 4.69) is 11.4 Å². The summed E-state index contributed by atoms with van der Waals surface area (Å²) < 4.78 is 0. The fourth-order valence-corrected chi connectivity index (χ4v) is 4.17. The van der Waals surface area contributed by atoms with Gasteiger partial charge in [-0.1, -0.05) is 12.8 Å². The molecule has 3 rings (SSSR count). The van der Waals surface area contributed by atoms with E-state index in [0.717, 1.165) is 38.5 Å².